The van der Waals surface area contributed by atoms with Gasteiger partial charge in [-0.2, -0.15) is 13.2 Å². The van der Waals surface area contributed by atoms with Gasteiger partial charge in [0.1, 0.15) is 11.6 Å². The topological polar surface area (TPSA) is 56.1 Å². The Morgan fingerprint density at radius 2 is 1.97 bits per heavy atom. The van der Waals surface area contributed by atoms with Crippen LogP contribution in [0.1, 0.15) is 47.8 Å². The third-order valence-electron chi connectivity index (χ3n) is 6.40. The van der Waals surface area contributed by atoms with E-state index in [-0.39, 0.29) is 11.7 Å². The SMILES string of the molecule is COc1cc(C(F)(F)F)cnc1C1CCN(Cc2nc3nccc4c3n2CCC4)CC1. The van der Waals surface area contributed by atoms with E-state index in [9.17, 15) is 13.2 Å². The molecule has 0 saturated carbocycles. The number of halogens is 3. The minimum Gasteiger partial charge on any atom is -0.495 e. The first-order valence-electron chi connectivity index (χ1n) is 10.6. The molecule has 0 atom stereocenters. The van der Waals surface area contributed by atoms with Gasteiger partial charge in [-0.05, 0) is 56.5 Å². The maximum absolute atomic E-state index is 13.0. The number of likely N-dealkylation sites (tertiary alicyclic amines) is 1. The fourth-order valence-corrected chi connectivity index (χ4v) is 4.80. The lowest BCUT2D eigenvalue weighted by molar-refractivity contribution is -0.138. The number of aryl methyl sites for hydroxylation is 2. The van der Waals surface area contributed by atoms with E-state index in [2.05, 4.69) is 25.5 Å². The molecule has 164 valence electrons. The van der Waals surface area contributed by atoms with Gasteiger partial charge in [0.2, 0.25) is 0 Å². The van der Waals surface area contributed by atoms with Crippen LogP contribution >= 0.6 is 0 Å². The van der Waals surface area contributed by atoms with Crippen molar-refractivity contribution in [2.45, 2.75) is 50.9 Å². The van der Waals surface area contributed by atoms with Crippen LogP contribution in [0.5, 0.6) is 5.75 Å². The molecule has 0 aromatic carbocycles. The highest BCUT2D eigenvalue weighted by Crippen LogP contribution is 2.37. The number of rotatable bonds is 4. The molecule has 0 N–H and O–H groups in total. The highest BCUT2D eigenvalue weighted by Gasteiger charge is 2.33. The molecule has 5 heterocycles. The van der Waals surface area contributed by atoms with Crippen molar-refractivity contribution in [1.82, 2.24) is 24.4 Å². The Labute approximate surface area is 178 Å². The van der Waals surface area contributed by atoms with Gasteiger partial charge in [-0.1, -0.05) is 0 Å². The second-order valence-electron chi connectivity index (χ2n) is 8.29. The van der Waals surface area contributed by atoms with Gasteiger partial charge in [0.15, 0.2) is 5.65 Å². The maximum atomic E-state index is 13.0. The minimum absolute atomic E-state index is 0.0828. The number of hydrogen-bond acceptors (Lipinski definition) is 5. The first-order valence-corrected chi connectivity index (χ1v) is 10.6. The molecule has 0 spiro atoms. The summed E-state index contributed by atoms with van der Waals surface area (Å²) in [6.45, 7) is 3.38. The van der Waals surface area contributed by atoms with Crippen molar-refractivity contribution in [3.8, 4) is 5.75 Å². The average Bonchev–Trinajstić information content (AvgIpc) is 3.12. The van der Waals surface area contributed by atoms with Crippen LogP contribution in [0.4, 0.5) is 13.2 Å². The van der Waals surface area contributed by atoms with E-state index in [1.807, 2.05) is 6.20 Å². The van der Waals surface area contributed by atoms with Crippen molar-refractivity contribution < 1.29 is 17.9 Å². The van der Waals surface area contributed by atoms with E-state index in [0.29, 0.717) is 5.69 Å². The smallest absolute Gasteiger partial charge is 0.418 e. The number of methoxy groups -OCH3 is 1. The quantitative estimate of drug-likeness (QED) is 0.620. The Hall–Kier alpha value is -2.68. The number of ether oxygens (including phenoxy) is 1. The van der Waals surface area contributed by atoms with E-state index in [4.69, 9.17) is 9.72 Å². The van der Waals surface area contributed by atoms with Crippen LogP contribution in [0.15, 0.2) is 24.5 Å². The number of pyridine rings is 2. The van der Waals surface area contributed by atoms with E-state index in [1.165, 1.54) is 12.7 Å². The molecular weight excluding hydrogens is 407 g/mol. The molecule has 3 aromatic heterocycles. The molecule has 1 saturated heterocycles. The van der Waals surface area contributed by atoms with Gasteiger partial charge in [-0.15, -0.1) is 0 Å². The fourth-order valence-electron chi connectivity index (χ4n) is 4.80. The third-order valence-corrected chi connectivity index (χ3v) is 6.40. The van der Waals surface area contributed by atoms with Crippen LogP contribution in [0.2, 0.25) is 0 Å². The van der Waals surface area contributed by atoms with Crippen molar-refractivity contribution >= 4 is 11.2 Å². The van der Waals surface area contributed by atoms with Gasteiger partial charge < -0.3 is 9.30 Å². The molecule has 2 aliphatic rings. The largest absolute Gasteiger partial charge is 0.495 e. The molecule has 5 rings (SSSR count). The molecule has 0 aliphatic carbocycles. The molecule has 0 amide bonds. The summed E-state index contributed by atoms with van der Waals surface area (Å²) in [5.74, 6) is 1.34. The molecule has 2 aliphatic heterocycles. The third kappa shape index (κ3) is 3.75. The summed E-state index contributed by atoms with van der Waals surface area (Å²) in [7, 11) is 1.40. The van der Waals surface area contributed by atoms with Crippen LogP contribution in [0, 0.1) is 0 Å². The Balaban J connectivity index is 1.30. The Morgan fingerprint density at radius 1 is 1.16 bits per heavy atom. The number of nitrogens with zero attached hydrogens (tertiary/aromatic N) is 5. The number of aromatic nitrogens is 4. The van der Waals surface area contributed by atoms with E-state index >= 15 is 0 Å². The summed E-state index contributed by atoms with van der Waals surface area (Å²) < 4.78 is 46.5. The van der Waals surface area contributed by atoms with Crippen molar-refractivity contribution in [3.63, 3.8) is 0 Å². The first kappa shape index (κ1) is 20.2. The summed E-state index contributed by atoms with van der Waals surface area (Å²) in [5, 5.41) is 0. The highest BCUT2D eigenvalue weighted by atomic mass is 19.4. The van der Waals surface area contributed by atoms with E-state index < -0.39 is 11.7 Å². The fraction of sp³-hybridized carbons (Fsp3) is 0.500. The van der Waals surface area contributed by atoms with Gasteiger partial charge in [-0.3, -0.25) is 9.88 Å². The number of hydrogen-bond donors (Lipinski definition) is 0. The first-order chi connectivity index (χ1) is 14.9. The molecular formula is C22H24F3N5O. The second-order valence-corrected chi connectivity index (χ2v) is 8.29. The summed E-state index contributed by atoms with van der Waals surface area (Å²) in [6.07, 6.45) is 2.13. The molecule has 6 nitrogen and oxygen atoms in total. The zero-order valence-electron chi connectivity index (χ0n) is 17.3. The van der Waals surface area contributed by atoms with Gasteiger partial charge in [0.25, 0.3) is 0 Å². The average molecular weight is 431 g/mol. The Bertz CT molecular complexity index is 1100. The van der Waals surface area contributed by atoms with E-state index in [0.717, 1.165) is 81.1 Å². The molecule has 1 fully saturated rings. The van der Waals surface area contributed by atoms with Gasteiger partial charge in [0, 0.05) is 24.9 Å². The zero-order chi connectivity index (χ0) is 21.6. The Morgan fingerprint density at radius 3 is 2.71 bits per heavy atom. The molecule has 3 aromatic rings. The molecule has 0 unspecified atom stereocenters. The lowest BCUT2D eigenvalue weighted by Gasteiger charge is -2.32. The van der Waals surface area contributed by atoms with Crippen molar-refractivity contribution in [3.05, 3.63) is 47.2 Å². The van der Waals surface area contributed by atoms with Crippen molar-refractivity contribution in [2.75, 3.05) is 20.2 Å². The highest BCUT2D eigenvalue weighted by molar-refractivity contribution is 5.76. The summed E-state index contributed by atoms with van der Waals surface area (Å²) in [5.41, 5.74) is 3.14. The van der Waals surface area contributed by atoms with Crippen LogP contribution in [0.3, 0.4) is 0 Å². The second kappa shape index (κ2) is 7.78. The molecule has 0 radical (unpaired) electrons. The predicted molar refractivity (Wildman–Crippen MR) is 109 cm³/mol. The van der Waals surface area contributed by atoms with E-state index in [1.54, 1.807) is 0 Å². The molecule has 31 heavy (non-hydrogen) atoms. The van der Waals surface area contributed by atoms with Crippen LogP contribution in [0.25, 0.3) is 11.2 Å². The number of alkyl halides is 3. The molecule has 9 heteroatoms. The van der Waals surface area contributed by atoms with Gasteiger partial charge in [-0.25, -0.2) is 9.97 Å². The zero-order valence-corrected chi connectivity index (χ0v) is 17.3. The monoisotopic (exact) mass is 431 g/mol. The number of piperidine rings is 1. The summed E-state index contributed by atoms with van der Waals surface area (Å²) >= 11 is 0. The summed E-state index contributed by atoms with van der Waals surface area (Å²) in [6, 6.07) is 3.14. The van der Waals surface area contributed by atoms with Crippen LogP contribution in [-0.2, 0) is 25.7 Å². The van der Waals surface area contributed by atoms with Crippen LogP contribution < -0.4 is 4.74 Å². The lowest BCUT2D eigenvalue weighted by atomic mass is 9.92. The van der Waals surface area contributed by atoms with Crippen molar-refractivity contribution in [1.29, 1.82) is 0 Å². The van der Waals surface area contributed by atoms with Crippen molar-refractivity contribution in [2.24, 2.45) is 0 Å². The summed E-state index contributed by atoms with van der Waals surface area (Å²) in [4.78, 5) is 15.7. The normalized spacial score (nSPS) is 17.9. The standard InChI is InChI=1S/C22H24F3N5O/c1-31-17-11-16(22(23,24)25)12-27-19(17)14-5-9-29(10-6-14)13-18-28-21-20-15(4-7-26-21)3-2-8-30(18)20/h4,7,11-12,14H,2-3,5-6,8-10,13H2,1H3. The number of imidazole rings is 1. The lowest BCUT2D eigenvalue weighted by Crippen LogP contribution is -2.34. The van der Waals surface area contributed by atoms with Gasteiger partial charge >= 0.3 is 6.18 Å². The maximum Gasteiger partial charge on any atom is 0.418 e. The minimum atomic E-state index is -4.43. The van der Waals surface area contributed by atoms with Gasteiger partial charge in [0.05, 0.1) is 30.4 Å². The Kier molecular flexibility index (Phi) is 5.08. The van der Waals surface area contributed by atoms with Crippen LogP contribution in [-0.4, -0.2) is 44.6 Å². The molecule has 0 bridgehead atoms. The predicted octanol–water partition coefficient (Wildman–Crippen LogP) is 4.18.